The zero-order valence-electron chi connectivity index (χ0n) is 18.6. The Balaban J connectivity index is 1.32. The van der Waals surface area contributed by atoms with Crippen LogP contribution in [0.5, 0.6) is 0 Å². The van der Waals surface area contributed by atoms with Crippen molar-refractivity contribution in [2.45, 2.75) is 13.1 Å². The number of carbonyl (C=O) groups excluding carboxylic acids is 1. The molecule has 5 rings (SSSR count). The molecule has 0 spiro atoms. The molecule has 3 aromatic carbocycles. The number of piperazine rings is 1. The second-order valence-electron chi connectivity index (χ2n) is 8.66. The van der Waals surface area contributed by atoms with Crippen molar-refractivity contribution in [2.75, 3.05) is 49.1 Å². The summed E-state index contributed by atoms with van der Waals surface area (Å²) in [5.41, 5.74) is 5.38. The van der Waals surface area contributed by atoms with Gasteiger partial charge in [0.2, 0.25) is 0 Å². The lowest BCUT2D eigenvalue weighted by molar-refractivity contribution is 0.0925. The van der Waals surface area contributed by atoms with Crippen molar-refractivity contribution >= 4 is 17.3 Å². The summed E-state index contributed by atoms with van der Waals surface area (Å²) in [4.78, 5) is 20.2. The van der Waals surface area contributed by atoms with Gasteiger partial charge in [0.25, 0.3) is 5.91 Å². The molecule has 0 aliphatic carbocycles. The van der Waals surface area contributed by atoms with Gasteiger partial charge in [-0.25, -0.2) is 0 Å². The highest BCUT2D eigenvalue weighted by atomic mass is 16.2. The largest absolute Gasteiger partial charge is 0.369 e. The van der Waals surface area contributed by atoms with Crippen LogP contribution in [-0.2, 0) is 0 Å². The summed E-state index contributed by atoms with van der Waals surface area (Å²) in [6.07, 6.45) is -0.149. The number of rotatable bonds is 5. The van der Waals surface area contributed by atoms with Crippen LogP contribution in [0.4, 0.5) is 11.4 Å². The highest BCUT2D eigenvalue weighted by Gasteiger charge is 2.32. The Morgan fingerprint density at radius 1 is 0.844 bits per heavy atom. The minimum absolute atomic E-state index is 0.00146. The van der Waals surface area contributed by atoms with Crippen molar-refractivity contribution in [1.82, 2.24) is 10.2 Å². The number of hydrogen-bond acceptors (Lipinski definition) is 4. The molecule has 2 heterocycles. The van der Waals surface area contributed by atoms with Crippen molar-refractivity contribution in [3.8, 4) is 0 Å². The molecule has 1 saturated heterocycles. The molecule has 164 valence electrons. The molecule has 2 aliphatic heterocycles. The number of fused-ring (bicyclic) bond motifs is 1. The van der Waals surface area contributed by atoms with E-state index in [-0.39, 0.29) is 12.1 Å². The predicted molar refractivity (Wildman–Crippen MR) is 130 cm³/mol. The topological polar surface area (TPSA) is 38.8 Å². The quantitative estimate of drug-likeness (QED) is 0.668. The molecule has 1 atom stereocenters. The standard InChI is InChI=1S/C27H30N4O/c1-21-12-13-24-25(20-21)31(26(28-27(24)32)22-8-4-2-5-9-22)19-16-29-14-17-30(18-15-29)23-10-6-3-7-11-23/h2-13,20,26H,14-19H2,1H3,(H,28,32). The van der Waals surface area contributed by atoms with Crippen LogP contribution in [0.2, 0.25) is 0 Å². The molecule has 0 radical (unpaired) electrons. The molecule has 32 heavy (non-hydrogen) atoms. The minimum Gasteiger partial charge on any atom is -0.369 e. The fourth-order valence-corrected chi connectivity index (χ4v) is 4.76. The lowest BCUT2D eigenvalue weighted by atomic mass is 10.0. The first-order valence-electron chi connectivity index (χ1n) is 11.4. The van der Waals surface area contributed by atoms with E-state index in [1.807, 2.05) is 30.3 Å². The van der Waals surface area contributed by atoms with Crippen LogP contribution >= 0.6 is 0 Å². The Hall–Kier alpha value is -3.31. The molecular weight excluding hydrogens is 396 g/mol. The second-order valence-corrected chi connectivity index (χ2v) is 8.66. The van der Waals surface area contributed by atoms with Gasteiger partial charge in [-0.15, -0.1) is 0 Å². The molecule has 1 unspecified atom stereocenters. The number of hydrogen-bond donors (Lipinski definition) is 1. The van der Waals surface area contributed by atoms with Crippen LogP contribution in [0, 0.1) is 6.92 Å². The molecule has 1 amide bonds. The molecular formula is C27H30N4O. The average Bonchev–Trinajstić information content (AvgIpc) is 2.84. The SMILES string of the molecule is Cc1ccc2c(c1)N(CCN1CCN(c3ccccc3)CC1)C(c1ccccc1)NC2=O. The number of nitrogens with one attached hydrogen (secondary N) is 1. The van der Waals surface area contributed by atoms with Crippen molar-refractivity contribution < 1.29 is 4.79 Å². The van der Waals surface area contributed by atoms with Crippen LogP contribution in [0.1, 0.15) is 27.7 Å². The molecule has 1 N–H and O–H groups in total. The first-order chi connectivity index (χ1) is 15.7. The number of nitrogens with zero attached hydrogens (tertiary/aromatic N) is 3. The average molecular weight is 427 g/mol. The third kappa shape index (κ3) is 4.21. The molecule has 1 fully saturated rings. The van der Waals surface area contributed by atoms with Gasteiger partial charge in [-0.2, -0.15) is 0 Å². The minimum atomic E-state index is -0.149. The zero-order chi connectivity index (χ0) is 21.9. The van der Waals surface area contributed by atoms with Crippen LogP contribution in [-0.4, -0.2) is 50.1 Å². The Morgan fingerprint density at radius 3 is 2.25 bits per heavy atom. The maximum Gasteiger partial charge on any atom is 0.255 e. The normalized spacial score (nSPS) is 18.9. The third-order valence-corrected chi connectivity index (χ3v) is 6.55. The van der Waals surface area contributed by atoms with Crippen LogP contribution in [0.15, 0.2) is 78.9 Å². The van der Waals surface area contributed by atoms with Gasteiger partial charge in [0.05, 0.1) is 11.3 Å². The van der Waals surface area contributed by atoms with Crippen LogP contribution in [0.3, 0.4) is 0 Å². The second kappa shape index (κ2) is 9.05. The summed E-state index contributed by atoms with van der Waals surface area (Å²) in [5.74, 6) is 0.00146. The van der Waals surface area contributed by atoms with Gasteiger partial charge in [0.1, 0.15) is 6.17 Å². The van der Waals surface area contributed by atoms with E-state index >= 15 is 0 Å². The molecule has 0 aromatic heterocycles. The molecule has 3 aromatic rings. The maximum atomic E-state index is 12.8. The Morgan fingerprint density at radius 2 is 1.53 bits per heavy atom. The van der Waals surface area contributed by atoms with E-state index < -0.39 is 0 Å². The summed E-state index contributed by atoms with van der Waals surface area (Å²) in [7, 11) is 0. The number of anilines is 2. The monoisotopic (exact) mass is 426 g/mol. The number of para-hydroxylation sites is 1. The van der Waals surface area contributed by atoms with E-state index in [4.69, 9.17) is 0 Å². The Bertz CT molecular complexity index is 1060. The summed E-state index contributed by atoms with van der Waals surface area (Å²) >= 11 is 0. The van der Waals surface area contributed by atoms with E-state index in [2.05, 4.69) is 75.5 Å². The smallest absolute Gasteiger partial charge is 0.255 e. The predicted octanol–water partition coefficient (Wildman–Crippen LogP) is 4.07. The van der Waals surface area contributed by atoms with Gasteiger partial charge in [-0.1, -0.05) is 54.6 Å². The third-order valence-electron chi connectivity index (χ3n) is 6.55. The number of aryl methyl sites for hydroxylation is 1. The molecule has 0 saturated carbocycles. The van der Waals surface area contributed by atoms with E-state index in [0.29, 0.717) is 0 Å². The first kappa shape index (κ1) is 20.6. The van der Waals surface area contributed by atoms with E-state index in [9.17, 15) is 4.79 Å². The van der Waals surface area contributed by atoms with Crippen molar-refractivity contribution in [3.05, 3.63) is 95.6 Å². The van der Waals surface area contributed by atoms with E-state index in [0.717, 1.165) is 56.1 Å². The zero-order valence-corrected chi connectivity index (χ0v) is 18.6. The molecule has 5 nitrogen and oxygen atoms in total. The molecule has 0 bridgehead atoms. The highest BCUT2D eigenvalue weighted by molar-refractivity contribution is 6.02. The van der Waals surface area contributed by atoms with Crippen molar-refractivity contribution in [2.24, 2.45) is 0 Å². The maximum absolute atomic E-state index is 12.8. The number of carbonyl (C=O) groups is 1. The van der Waals surface area contributed by atoms with Crippen molar-refractivity contribution in [1.29, 1.82) is 0 Å². The number of amides is 1. The van der Waals surface area contributed by atoms with Crippen LogP contribution < -0.4 is 15.1 Å². The van der Waals surface area contributed by atoms with Gasteiger partial charge in [-0.05, 0) is 42.3 Å². The van der Waals surface area contributed by atoms with E-state index in [1.165, 1.54) is 11.3 Å². The van der Waals surface area contributed by atoms with Gasteiger partial charge in [0.15, 0.2) is 0 Å². The first-order valence-corrected chi connectivity index (χ1v) is 11.4. The van der Waals surface area contributed by atoms with Gasteiger partial charge in [0, 0.05) is 45.0 Å². The molecule has 2 aliphatic rings. The fourth-order valence-electron chi connectivity index (χ4n) is 4.76. The van der Waals surface area contributed by atoms with Crippen LogP contribution in [0.25, 0.3) is 0 Å². The summed E-state index contributed by atoms with van der Waals surface area (Å²) in [6, 6.07) is 27.1. The van der Waals surface area contributed by atoms with Crippen molar-refractivity contribution in [3.63, 3.8) is 0 Å². The Labute approximate surface area is 190 Å². The molecule has 5 heteroatoms. The lowest BCUT2D eigenvalue weighted by Gasteiger charge is -2.42. The van der Waals surface area contributed by atoms with Gasteiger partial charge < -0.3 is 15.1 Å². The Kier molecular flexibility index (Phi) is 5.82. The highest BCUT2D eigenvalue weighted by Crippen LogP contribution is 2.33. The summed E-state index contributed by atoms with van der Waals surface area (Å²) in [5, 5.41) is 3.23. The fraction of sp³-hybridized carbons (Fsp3) is 0.296. The summed E-state index contributed by atoms with van der Waals surface area (Å²) < 4.78 is 0. The number of benzene rings is 3. The van der Waals surface area contributed by atoms with E-state index in [1.54, 1.807) is 0 Å². The van der Waals surface area contributed by atoms with Gasteiger partial charge in [-0.3, -0.25) is 9.69 Å². The lowest BCUT2D eigenvalue weighted by Crippen LogP contribution is -2.52. The summed E-state index contributed by atoms with van der Waals surface area (Å²) in [6.45, 7) is 8.09. The van der Waals surface area contributed by atoms with Gasteiger partial charge >= 0.3 is 0 Å².